The van der Waals surface area contributed by atoms with Gasteiger partial charge in [0, 0.05) is 18.6 Å². The van der Waals surface area contributed by atoms with E-state index in [4.69, 9.17) is 10.6 Å². The molecule has 1 aromatic rings. The molecular formula is C14H25N5O. The van der Waals surface area contributed by atoms with E-state index in [9.17, 15) is 0 Å². The van der Waals surface area contributed by atoms with Crippen LogP contribution in [0.3, 0.4) is 0 Å². The quantitative estimate of drug-likeness (QED) is 0.523. The van der Waals surface area contributed by atoms with Gasteiger partial charge in [0.25, 0.3) is 0 Å². The van der Waals surface area contributed by atoms with Crippen LogP contribution in [0.4, 0.5) is 11.6 Å². The number of rotatable bonds is 7. The fraction of sp³-hybridized carbons (Fsp3) is 0.714. The van der Waals surface area contributed by atoms with Crippen molar-refractivity contribution in [2.24, 2.45) is 11.8 Å². The zero-order valence-corrected chi connectivity index (χ0v) is 12.7. The summed E-state index contributed by atoms with van der Waals surface area (Å²) in [6.45, 7) is 6.94. The molecule has 1 atom stereocenters. The summed E-state index contributed by atoms with van der Waals surface area (Å²) in [6, 6.07) is 0.214. The van der Waals surface area contributed by atoms with Crippen LogP contribution < -0.4 is 16.6 Å². The highest BCUT2D eigenvalue weighted by atomic mass is 16.5. The monoisotopic (exact) mass is 279 g/mol. The van der Waals surface area contributed by atoms with Gasteiger partial charge in [0.2, 0.25) is 0 Å². The first-order valence-electron chi connectivity index (χ1n) is 7.17. The third-order valence-electron chi connectivity index (χ3n) is 3.72. The molecule has 1 saturated carbocycles. The Morgan fingerprint density at radius 1 is 1.30 bits per heavy atom. The van der Waals surface area contributed by atoms with Crippen LogP contribution in [0, 0.1) is 12.8 Å². The maximum absolute atomic E-state index is 5.57. The number of hydrogen-bond acceptors (Lipinski definition) is 6. The van der Waals surface area contributed by atoms with Gasteiger partial charge in [-0.15, -0.1) is 0 Å². The van der Waals surface area contributed by atoms with Gasteiger partial charge in [0.15, 0.2) is 0 Å². The van der Waals surface area contributed by atoms with Crippen molar-refractivity contribution in [3.8, 4) is 0 Å². The number of anilines is 2. The Morgan fingerprint density at radius 3 is 2.45 bits per heavy atom. The van der Waals surface area contributed by atoms with E-state index < -0.39 is 0 Å². The summed E-state index contributed by atoms with van der Waals surface area (Å²) in [5.74, 6) is 8.93. The molecule has 1 heterocycles. The molecule has 1 aromatic heterocycles. The summed E-state index contributed by atoms with van der Waals surface area (Å²) < 4.78 is 5.28. The normalized spacial score (nSPS) is 16.3. The largest absolute Gasteiger partial charge is 0.383 e. The van der Waals surface area contributed by atoms with Crippen molar-refractivity contribution in [2.45, 2.75) is 45.6 Å². The van der Waals surface area contributed by atoms with E-state index in [1.54, 1.807) is 7.11 Å². The predicted molar refractivity (Wildman–Crippen MR) is 80.7 cm³/mol. The molecule has 0 aliphatic heterocycles. The summed E-state index contributed by atoms with van der Waals surface area (Å²) in [5, 5.41) is 3.47. The molecule has 1 aliphatic carbocycles. The second-order valence-corrected chi connectivity index (χ2v) is 5.77. The van der Waals surface area contributed by atoms with Gasteiger partial charge < -0.3 is 15.5 Å². The van der Waals surface area contributed by atoms with E-state index >= 15 is 0 Å². The number of hydrogen-bond donors (Lipinski definition) is 3. The Balaban J connectivity index is 2.26. The molecule has 112 valence electrons. The van der Waals surface area contributed by atoms with Crippen LogP contribution in [-0.2, 0) is 4.74 Å². The summed E-state index contributed by atoms with van der Waals surface area (Å²) in [7, 11) is 1.71. The molecule has 20 heavy (non-hydrogen) atoms. The molecule has 0 bridgehead atoms. The topological polar surface area (TPSA) is 85.1 Å². The molecule has 2 rings (SSSR count). The van der Waals surface area contributed by atoms with E-state index in [0.717, 1.165) is 30.0 Å². The van der Waals surface area contributed by atoms with E-state index in [-0.39, 0.29) is 6.04 Å². The van der Waals surface area contributed by atoms with Gasteiger partial charge in [0.05, 0.1) is 12.6 Å². The Labute approximate surface area is 120 Å². The number of ether oxygens (including phenoxy) is 1. The van der Waals surface area contributed by atoms with Crippen molar-refractivity contribution in [3.63, 3.8) is 0 Å². The summed E-state index contributed by atoms with van der Waals surface area (Å²) in [4.78, 5) is 9.17. The lowest BCUT2D eigenvalue weighted by atomic mass is 10.1. The second-order valence-electron chi connectivity index (χ2n) is 5.77. The van der Waals surface area contributed by atoms with Crippen molar-refractivity contribution in [1.82, 2.24) is 9.97 Å². The molecule has 0 spiro atoms. The van der Waals surface area contributed by atoms with E-state index in [2.05, 4.69) is 34.6 Å². The van der Waals surface area contributed by atoms with Crippen LogP contribution in [0.25, 0.3) is 0 Å². The minimum Gasteiger partial charge on any atom is -0.383 e. The molecule has 0 aromatic carbocycles. The van der Waals surface area contributed by atoms with Crippen molar-refractivity contribution < 1.29 is 4.74 Å². The lowest BCUT2D eigenvalue weighted by Gasteiger charge is -2.24. The summed E-state index contributed by atoms with van der Waals surface area (Å²) >= 11 is 0. The van der Waals surface area contributed by atoms with Gasteiger partial charge in [-0.3, -0.25) is 0 Å². The summed E-state index contributed by atoms with van der Waals surface area (Å²) in [5.41, 5.74) is 3.61. The number of nitrogens with one attached hydrogen (secondary N) is 2. The molecule has 0 radical (unpaired) electrons. The molecule has 0 amide bonds. The molecule has 6 heteroatoms. The van der Waals surface area contributed by atoms with Gasteiger partial charge in [0.1, 0.15) is 17.5 Å². The minimum atomic E-state index is 0.214. The fourth-order valence-electron chi connectivity index (χ4n) is 2.10. The Kier molecular flexibility index (Phi) is 4.77. The number of nitrogens with two attached hydrogens (primary N) is 1. The van der Waals surface area contributed by atoms with Gasteiger partial charge in [-0.25, -0.2) is 15.8 Å². The molecule has 6 nitrogen and oxygen atoms in total. The van der Waals surface area contributed by atoms with Gasteiger partial charge in [-0.05, 0) is 25.7 Å². The summed E-state index contributed by atoms with van der Waals surface area (Å²) in [6.07, 6.45) is 2.33. The van der Waals surface area contributed by atoms with Crippen LogP contribution in [0.15, 0.2) is 0 Å². The lowest BCUT2D eigenvalue weighted by molar-refractivity contribution is 0.171. The smallest absolute Gasteiger partial charge is 0.148 e. The minimum absolute atomic E-state index is 0.214. The third-order valence-corrected chi connectivity index (χ3v) is 3.72. The van der Waals surface area contributed by atoms with Crippen molar-refractivity contribution in [1.29, 1.82) is 0 Å². The first-order valence-corrected chi connectivity index (χ1v) is 7.17. The average molecular weight is 279 g/mol. The number of nitrogen functional groups attached to an aromatic ring is 1. The van der Waals surface area contributed by atoms with Crippen molar-refractivity contribution in [3.05, 3.63) is 11.4 Å². The first kappa shape index (κ1) is 15.0. The van der Waals surface area contributed by atoms with E-state index in [1.165, 1.54) is 0 Å². The molecule has 1 aliphatic rings. The van der Waals surface area contributed by atoms with E-state index in [1.807, 2.05) is 6.92 Å². The van der Waals surface area contributed by atoms with Gasteiger partial charge >= 0.3 is 0 Å². The number of nitrogens with zero attached hydrogens (tertiary/aromatic N) is 2. The van der Waals surface area contributed by atoms with E-state index in [0.29, 0.717) is 24.3 Å². The Hall–Kier alpha value is -1.40. The molecule has 1 unspecified atom stereocenters. The number of aromatic nitrogens is 2. The van der Waals surface area contributed by atoms with Gasteiger partial charge in [-0.2, -0.15) is 0 Å². The van der Waals surface area contributed by atoms with Crippen molar-refractivity contribution >= 4 is 11.6 Å². The molecular weight excluding hydrogens is 254 g/mol. The predicted octanol–water partition coefficient (Wildman–Crippen LogP) is 2.03. The Morgan fingerprint density at radius 2 is 1.95 bits per heavy atom. The highest BCUT2D eigenvalue weighted by Gasteiger charge is 2.28. The zero-order valence-electron chi connectivity index (χ0n) is 12.7. The van der Waals surface area contributed by atoms with Crippen LogP contribution in [0.2, 0.25) is 0 Å². The highest BCUT2D eigenvalue weighted by Crippen LogP contribution is 2.39. The SMILES string of the molecule is COCC(Nc1nc(C2CC2)nc(NN)c1C)C(C)C. The molecule has 0 saturated heterocycles. The Bertz CT molecular complexity index is 459. The molecule has 1 fully saturated rings. The second kappa shape index (κ2) is 6.37. The standard InChI is InChI=1S/C14H25N5O/c1-8(2)11(7-20-4)16-12-9(3)13(19-15)18-14(17-12)10-5-6-10/h8,10-11H,5-7,15H2,1-4H3,(H2,16,17,18,19). The highest BCUT2D eigenvalue weighted by molar-refractivity contribution is 5.57. The van der Waals surface area contributed by atoms with Crippen LogP contribution in [0.5, 0.6) is 0 Å². The third kappa shape index (κ3) is 3.37. The molecule has 4 N–H and O–H groups in total. The van der Waals surface area contributed by atoms with Crippen LogP contribution >= 0.6 is 0 Å². The fourth-order valence-corrected chi connectivity index (χ4v) is 2.10. The zero-order chi connectivity index (χ0) is 14.7. The number of hydrazine groups is 1. The first-order chi connectivity index (χ1) is 9.56. The maximum atomic E-state index is 5.57. The van der Waals surface area contributed by atoms with Gasteiger partial charge in [-0.1, -0.05) is 13.8 Å². The van der Waals surface area contributed by atoms with Crippen LogP contribution in [0.1, 0.15) is 44.0 Å². The number of methoxy groups -OCH3 is 1. The average Bonchev–Trinajstić information content (AvgIpc) is 3.24. The lowest BCUT2D eigenvalue weighted by Crippen LogP contribution is -2.31. The maximum Gasteiger partial charge on any atom is 0.148 e. The van der Waals surface area contributed by atoms with Crippen molar-refractivity contribution in [2.75, 3.05) is 24.5 Å². The van der Waals surface area contributed by atoms with Crippen LogP contribution in [-0.4, -0.2) is 29.7 Å².